The van der Waals surface area contributed by atoms with Crippen molar-refractivity contribution >= 4 is 78.6 Å². The third-order valence-electron chi connectivity index (χ3n) is 0. The molecule has 0 amide bonds. The van der Waals surface area contributed by atoms with Crippen LogP contribution in [0.2, 0.25) is 0 Å². The second kappa shape index (κ2) is 66.4. The molecule has 0 spiro atoms. The van der Waals surface area contributed by atoms with Gasteiger partial charge >= 0.3 is 0 Å². The van der Waals surface area contributed by atoms with Gasteiger partial charge in [-0.2, -0.15) is 0 Å². The molecule has 46 valence electrons. The average molecular weight is 945 g/mol. The first-order chi connectivity index (χ1) is 0. The van der Waals surface area contributed by atoms with Gasteiger partial charge in [0.25, 0.3) is 0 Å². The summed E-state index contributed by atoms with van der Waals surface area (Å²) in [5, 5.41) is 0. The molecule has 0 saturated carbocycles. The summed E-state index contributed by atoms with van der Waals surface area (Å²) in [6.07, 6.45) is 0. The summed E-state index contributed by atoms with van der Waals surface area (Å²) >= 11 is 0. The molecule has 0 saturated heterocycles. The molecule has 0 aliphatic rings. The molecule has 0 fully saturated rings. The van der Waals surface area contributed by atoms with Crippen LogP contribution in [0.15, 0.2) is 0 Å². The van der Waals surface area contributed by atoms with E-state index < -0.39 is 0 Å². The van der Waals surface area contributed by atoms with Crippen LogP contribution in [-0.2, 0) is 65.2 Å². The van der Waals surface area contributed by atoms with E-state index in [2.05, 4.69) is 0 Å². The van der Waals surface area contributed by atoms with Gasteiger partial charge in [-0.05, 0) is 0 Å². The fraction of sp³-hybridized carbons (Fsp3) is 0. The molecular weight excluding hydrogens is 941 g/mol. The van der Waals surface area contributed by atoms with Crippen LogP contribution in [0.1, 0.15) is 0 Å². The van der Waals surface area contributed by atoms with E-state index in [0.717, 1.165) is 0 Å². The first-order valence-corrected chi connectivity index (χ1v) is 0. The third kappa shape index (κ3) is 56.5. The van der Waals surface area contributed by atoms with E-state index in [9.17, 15) is 0 Å². The van der Waals surface area contributed by atoms with E-state index in [4.69, 9.17) is 0 Å². The Morgan fingerprint density at radius 3 is 0.444 bits per heavy atom. The van der Waals surface area contributed by atoms with Gasteiger partial charge in [-0.3, -0.25) is 0 Å². The first kappa shape index (κ1) is 82.6. The molecule has 2 nitrogen and oxygen atoms in total. The van der Waals surface area contributed by atoms with Crippen LogP contribution in [0.25, 0.3) is 0 Å². The fourth-order valence-electron chi connectivity index (χ4n) is 0. The van der Waals surface area contributed by atoms with E-state index in [-0.39, 0.29) is 190 Å². The van der Waals surface area contributed by atoms with Gasteiger partial charge in [0.2, 0.25) is 0 Å². The summed E-state index contributed by atoms with van der Waals surface area (Å²) in [7, 11) is 0. The number of rotatable bonds is 0. The Hall–Kier alpha value is 5.91. The molecule has 10 radical (unpaired) electrons. The standard InChI is InChI=1S/3Bi.La.2H2O.3Ti/h;;;;2*1H2;;;. The largest absolute Gasteiger partial charge is 0.412 e. The van der Waals surface area contributed by atoms with E-state index in [1.165, 1.54) is 0 Å². The summed E-state index contributed by atoms with van der Waals surface area (Å²) < 4.78 is 0. The maximum atomic E-state index is 0. The van der Waals surface area contributed by atoms with Crippen LogP contribution in [-0.4, -0.2) is 89.6 Å². The molecule has 0 heterocycles. The van der Waals surface area contributed by atoms with Crippen molar-refractivity contribution < 1.29 is 112 Å². The molecule has 4 N–H and O–H groups in total. The van der Waals surface area contributed by atoms with Crippen LogP contribution < -0.4 is 0 Å². The molecule has 0 bridgehead atoms. The quantitative estimate of drug-likeness (QED) is 0.236. The van der Waals surface area contributed by atoms with Crippen LogP contribution in [0, 0.1) is 35.6 Å². The predicted octanol–water partition coefficient (Wildman–Crippen LogP) is -2.80. The van der Waals surface area contributed by atoms with Crippen molar-refractivity contribution in [3.05, 3.63) is 0 Å². The monoisotopic (exact) mass is 946 g/mol. The SMILES string of the molecule is O.O.[Bi].[Bi].[Bi].[La].[Ti].[Ti].[Ti]. The minimum Gasteiger partial charge on any atom is -0.412 e. The zero-order valence-corrected chi connectivity index (χ0v) is 23.2. The summed E-state index contributed by atoms with van der Waals surface area (Å²) in [4.78, 5) is 0. The Labute approximate surface area is 185 Å². The normalized spacial score (nSPS) is 0. The van der Waals surface area contributed by atoms with Crippen LogP contribution >= 0.6 is 0 Å². The van der Waals surface area contributed by atoms with Gasteiger partial charge in [0.15, 0.2) is 0 Å². The van der Waals surface area contributed by atoms with Crippen LogP contribution in [0.4, 0.5) is 0 Å². The summed E-state index contributed by atoms with van der Waals surface area (Å²) in [5.74, 6) is 0. The Balaban J connectivity index is 0. The third-order valence-corrected chi connectivity index (χ3v) is 0. The van der Waals surface area contributed by atoms with E-state index >= 15 is 0 Å². The maximum Gasteiger partial charge on any atom is 0 e. The van der Waals surface area contributed by atoms with Gasteiger partial charge in [0, 0.05) is 179 Å². The number of hydrogen-bond donors (Lipinski definition) is 0. The molecular formula is H4Bi3LaO2Ti3. The van der Waals surface area contributed by atoms with Gasteiger partial charge in [-0.15, -0.1) is 0 Å². The molecule has 0 aromatic heterocycles. The summed E-state index contributed by atoms with van der Waals surface area (Å²) in [6.45, 7) is 0. The van der Waals surface area contributed by atoms with Gasteiger partial charge in [-0.25, -0.2) is 0 Å². The maximum absolute atomic E-state index is 0. The molecule has 0 atom stereocenters. The zero-order valence-electron chi connectivity index (χ0n) is 4.42. The molecule has 9 heteroatoms. The fourth-order valence-corrected chi connectivity index (χ4v) is 0. The Bertz CT molecular complexity index is 17.0. The smallest absolute Gasteiger partial charge is 0 e. The van der Waals surface area contributed by atoms with Gasteiger partial charge in [-0.1, -0.05) is 0 Å². The minimum absolute atomic E-state index is 0. The van der Waals surface area contributed by atoms with E-state index in [0.29, 0.717) is 0 Å². The van der Waals surface area contributed by atoms with Crippen LogP contribution in [0.3, 0.4) is 0 Å². The van der Waals surface area contributed by atoms with Crippen molar-refractivity contribution in [1.29, 1.82) is 0 Å². The molecule has 0 aromatic rings. The average Bonchev–Trinajstić information content (AvgIpc) is 0. The molecule has 0 aromatic carbocycles. The Morgan fingerprint density at radius 2 is 0.444 bits per heavy atom. The number of hydrogen-bond acceptors (Lipinski definition) is 0. The Kier molecular flexibility index (Phi) is 610. The van der Waals surface area contributed by atoms with Crippen molar-refractivity contribution in [2.45, 2.75) is 0 Å². The zero-order chi connectivity index (χ0) is 0. The van der Waals surface area contributed by atoms with Gasteiger partial charge in [0.1, 0.15) is 0 Å². The van der Waals surface area contributed by atoms with Crippen molar-refractivity contribution in [2.75, 3.05) is 0 Å². The first-order valence-electron chi connectivity index (χ1n) is 0. The topological polar surface area (TPSA) is 63.0 Å². The Morgan fingerprint density at radius 1 is 0.444 bits per heavy atom. The van der Waals surface area contributed by atoms with Gasteiger partial charge in [0.05, 0.1) is 0 Å². The van der Waals surface area contributed by atoms with Crippen molar-refractivity contribution in [3.63, 3.8) is 0 Å². The predicted molar refractivity (Wildman–Crippen MR) is 24.5 cm³/mol. The van der Waals surface area contributed by atoms with Gasteiger partial charge < -0.3 is 11.0 Å². The van der Waals surface area contributed by atoms with E-state index in [1.54, 1.807) is 0 Å². The second-order valence-electron chi connectivity index (χ2n) is 0. The molecule has 0 rings (SSSR count). The molecule has 0 aliphatic carbocycles. The van der Waals surface area contributed by atoms with E-state index in [1.807, 2.05) is 0 Å². The molecule has 0 unspecified atom stereocenters. The van der Waals surface area contributed by atoms with Crippen molar-refractivity contribution in [2.24, 2.45) is 0 Å². The summed E-state index contributed by atoms with van der Waals surface area (Å²) in [5.41, 5.74) is 0. The van der Waals surface area contributed by atoms with Crippen LogP contribution in [0.5, 0.6) is 0 Å². The van der Waals surface area contributed by atoms with Crippen molar-refractivity contribution in [1.82, 2.24) is 0 Å². The molecule has 0 aliphatic heterocycles. The molecule has 9 heavy (non-hydrogen) atoms. The van der Waals surface area contributed by atoms with Crippen molar-refractivity contribution in [3.8, 4) is 0 Å². The minimum atomic E-state index is 0. The summed E-state index contributed by atoms with van der Waals surface area (Å²) in [6, 6.07) is 0. The second-order valence-corrected chi connectivity index (χ2v) is 0.